The average molecular weight is 270 g/mol. The molecule has 2 rings (SSSR count). The summed E-state index contributed by atoms with van der Waals surface area (Å²) in [6, 6.07) is 4.81. The molecule has 1 aliphatic rings. The number of rotatable bonds is 2. The van der Waals surface area contributed by atoms with Crippen LogP contribution in [0.3, 0.4) is 0 Å². The summed E-state index contributed by atoms with van der Waals surface area (Å²) < 4.78 is 0.594. The van der Waals surface area contributed by atoms with Gasteiger partial charge in [-0.2, -0.15) is 0 Å². The minimum atomic E-state index is -0.127. The third kappa shape index (κ3) is 2.31. The minimum absolute atomic E-state index is 0.0280. The average Bonchev–Trinajstić information content (AvgIpc) is 2.88. The largest absolute Gasteiger partial charge is 0.507 e. The van der Waals surface area contributed by atoms with E-state index < -0.39 is 0 Å². The van der Waals surface area contributed by atoms with E-state index in [1.165, 1.54) is 6.07 Å². The van der Waals surface area contributed by atoms with Gasteiger partial charge in [0, 0.05) is 11.1 Å². The zero-order chi connectivity index (χ0) is 11.1. The van der Waals surface area contributed by atoms with Crippen LogP contribution in [-0.2, 0) is 0 Å². The zero-order valence-electron chi connectivity index (χ0n) is 8.38. The van der Waals surface area contributed by atoms with Gasteiger partial charge >= 0.3 is 0 Å². The second-order valence-electron chi connectivity index (χ2n) is 4.18. The zero-order valence-corrected chi connectivity index (χ0v) is 9.97. The lowest BCUT2D eigenvalue weighted by Gasteiger charge is -2.11. The maximum Gasteiger partial charge on any atom is 0.251 e. The van der Waals surface area contributed by atoms with Crippen LogP contribution in [0, 0.1) is 0 Å². The molecule has 0 atom stereocenters. The second-order valence-corrected chi connectivity index (χ2v) is 5.04. The fourth-order valence-corrected chi connectivity index (χ4v) is 1.56. The van der Waals surface area contributed by atoms with Crippen LogP contribution in [0.25, 0.3) is 0 Å². The van der Waals surface area contributed by atoms with E-state index in [1.54, 1.807) is 12.1 Å². The predicted molar refractivity (Wildman–Crippen MR) is 60.9 cm³/mol. The lowest BCUT2D eigenvalue weighted by molar-refractivity contribution is 0.0935. The van der Waals surface area contributed by atoms with E-state index in [1.807, 2.05) is 6.92 Å². The van der Waals surface area contributed by atoms with Gasteiger partial charge in [-0.3, -0.25) is 4.79 Å². The van der Waals surface area contributed by atoms with Crippen molar-refractivity contribution in [3.63, 3.8) is 0 Å². The topological polar surface area (TPSA) is 49.3 Å². The molecule has 4 heteroatoms. The summed E-state index contributed by atoms with van der Waals surface area (Å²) in [6.45, 7) is 2.02. The first-order chi connectivity index (χ1) is 7.00. The summed E-state index contributed by atoms with van der Waals surface area (Å²) in [4.78, 5) is 11.7. The highest BCUT2D eigenvalue weighted by atomic mass is 79.9. The first kappa shape index (κ1) is 10.5. The molecule has 0 aliphatic heterocycles. The summed E-state index contributed by atoms with van der Waals surface area (Å²) >= 11 is 3.17. The summed E-state index contributed by atoms with van der Waals surface area (Å²) in [5.41, 5.74) is 0.462. The normalized spacial score (nSPS) is 17.2. The smallest absolute Gasteiger partial charge is 0.251 e. The van der Waals surface area contributed by atoms with Crippen molar-refractivity contribution >= 4 is 21.8 Å². The molecule has 0 saturated heterocycles. The van der Waals surface area contributed by atoms with E-state index in [4.69, 9.17) is 0 Å². The van der Waals surface area contributed by atoms with Gasteiger partial charge in [-0.05, 0) is 53.9 Å². The molecule has 0 spiro atoms. The van der Waals surface area contributed by atoms with Crippen LogP contribution < -0.4 is 5.32 Å². The number of carbonyl (C=O) groups is 1. The molecule has 0 bridgehead atoms. The molecule has 3 nitrogen and oxygen atoms in total. The van der Waals surface area contributed by atoms with E-state index >= 15 is 0 Å². The van der Waals surface area contributed by atoms with Crippen molar-refractivity contribution in [1.29, 1.82) is 0 Å². The van der Waals surface area contributed by atoms with E-state index in [-0.39, 0.29) is 17.2 Å². The van der Waals surface area contributed by atoms with Gasteiger partial charge in [-0.15, -0.1) is 0 Å². The van der Waals surface area contributed by atoms with Gasteiger partial charge in [0.1, 0.15) is 5.75 Å². The van der Waals surface area contributed by atoms with E-state index in [9.17, 15) is 9.90 Å². The number of phenols is 1. The number of aromatic hydroxyl groups is 1. The Hall–Kier alpha value is -1.03. The fraction of sp³-hybridized carbons (Fsp3) is 0.364. The van der Waals surface area contributed by atoms with Crippen molar-refractivity contribution in [3.8, 4) is 5.75 Å². The molecule has 0 heterocycles. The number of carbonyl (C=O) groups excluding carboxylic acids is 1. The summed E-state index contributed by atoms with van der Waals surface area (Å²) in [7, 11) is 0. The van der Waals surface area contributed by atoms with Crippen LogP contribution in [0.5, 0.6) is 5.75 Å². The van der Waals surface area contributed by atoms with Gasteiger partial charge in [0.15, 0.2) is 0 Å². The highest BCUT2D eigenvalue weighted by molar-refractivity contribution is 9.10. The predicted octanol–water partition coefficient (Wildman–Crippen LogP) is 2.44. The lowest BCUT2D eigenvalue weighted by Crippen LogP contribution is -2.34. The minimum Gasteiger partial charge on any atom is -0.507 e. The number of halogens is 1. The van der Waals surface area contributed by atoms with Crippen LogP contribution >= 0.6 is 15.9 Å². The maximum absolute atomic E-state index is 11.7. The molecular formula is C11H12BrNO2. The third-order valence-corrected chi connectivity index (χ3v) is 3.29. The Morgan fingerprint density at radius 1 is 1.53 bits per heavy atom. The highest BCUT2D eigenvalue weighted by Crippen LogP contribution is 2.34. The number of nitrogens with one attached hydrogen (secondary N) is 1. The second kappa shape index (κ2) is 3.52. The SMILES string of the molecule is CC1(NC(=O)c2ccc(Br)c(O)c2)CC1. The molecule has 1 aliphatic carbocycles. The molecule has 2 N–H and O–H groups in total. The maximum atomic E-state index is 11.7. The molecule has 0 unspecified atom stereocenters. The first-order valence-corrected chi connectivity index (χ1v) is 5.60. The quantitative estimate of drug-likeness (QED) is 0.867. The number of benzene rings is 1. The van der Waals surface area contributed by atoms with Crippen molar-refractivity contribution in [3.05, 3.63) is 28.2 Å². The number of hydrogen-bond donors (Lipinski definition) is 2. The van der Waals surface area contributed by atoms with Gasteiger partial charge in [0.2, 0.25) is 0 Å². The van der Waals surface area contributed by atoms with Crippen molar-refractivity contribution in [1.82, 2.24) is 5.32 Å². The Bertz CT molecular complexity index is 413. The van der Waals surface area contributed by atoms with Crippen molar-refractivity contribution in [2.24, 2.45) is 0 Å². The monoisotopic (exact) mass is 269 g/mol. The van der Waals surface area contributed by atoms with Crippen LogP contribution in [0.2, 0.25) is 0 Å². The van der Waals surface area contributed by atoms with Crippen molar-refractivity contribution in [2.75, 3.05) is 0 Å². The highest BCUT2D eigenvalue weighted by Gasteiger charge is 2.38. The molecule has 1 aromatic rings. The first-order valence-electron chi connectivity index (χ1n) is 4.81. The summed E-state index contributed by atoms with van der Waals surface area (Å²) in [6.07, 6.45) is 2.06. The van der Waals surface area contributed by atoms with Crippen LogP contribution in [0.4, 0.5) is 0 Å². The fourth-order valence-electron chi connectivity index (χ4n) is 1.31. The molecule has 80 valence electrons. The number of amides is 1. The van der Waals surface area contributed by atoms with Crippen LogP contribution in [-0.4, -0.2) is 16.6 Å². The Labute approximate surface area is 96.6 Å². The van der Waals surface area contributed by atoms with Gasteiger partial charge in [0.05, 0.1) is 4.47 Å². The van der Waals surface area contributed by atoms with E-state index in [0.717, 1.165) is 12.8 Å². The van der Waals surface area contributed by atoms with Crippen LogP contribution in [0.15, 0.2) is 22.7 Å². The molecule has 1 amide bonds. The van der Waals surface area contributed by atoms with E-state index in [2.05, 4.69) is 21.2 Å². The Morgan fingerprint density at radius 2 is 2.20 bits per heavy atom. The van der Waals surface area contributed by atoms with Gasteiger partial charge in [0.25, 0.3) is 5.91 Å². The van der Waals surface area contributed by atoms with Gasteiger partial charge < -0.3 is 10.4 Å². The molecule has 15 heavy (non-hydrogen) atoms. The summed E-state index contributed by atoms with van der Waals surface area (Å²) in [5, 5.41) is 12.4. The Kier molecular flexibility index (Phi) is 2.46. The Morgan fingerprint density at radius 3 is 2.73 bits per heavy atom. The van der Waals surface area contributed by atoms with Gasteiger partial charge in [-0.1, -0.05) is 0 Å². The number of hydrogen-bond acceptors (Lipinski definition) is 2. The molecule has 1 saturated carbocycles. The van der Waals surface area contributed by atoms with Gasteiger partial charge in [-0.25, -0.2) is 0 Å². The molecule has 0 radical (unpaired) electrons. The van der Waals surface area contributed by atoms with Crippen molar-refractivity contribution in [2.45, 2.75) is 25.3 Å². The van der Waals surface area contributed by atoms with Crippen LogP contribution in [0.1, 0.15) is 30.1 Å². The number of phenolic OH excluding ortho intramolecular Hbond substituents is 1. The Balaban J connectivity index is 2.15. The molecule has 1 fully saturated rings. The molecule has 0 aromatic heterocycles. The molecular weight excluding hydrogens is 258 g/mol. The summed E-state index contributed by atoms with van der Waals surface area (Å²) in [5.74, 6) is -0.0404. The third-order valence-electron chi connectivity index (χ3n) is 2.62. The standard InChI is InChI=1S/C11H12BrNO2/c1-11(4-5-11)13-10(15)7-2-3-8(12)9(14)6-7/h2-3,6,14H,4-5H2,1H3,(H,13,15). The lowest BCUT2D eigenvalue weighted by atomic mass is 10.2. The van der Waals surface area contributed by atoms with E-state index in [0.29, 0.717) is 10.0 Å². The molecule has 1 aromatic carbocycles. The van der Waals surface area contributed by atoms with Crippen molar-refractivity contribution < 1.29 is 9.90 Å².